The summed E-state index contributed by atoms with van der Waals surface area (Å²) in [4.78, 5) is 12.6. The summed E-state index contributed by atoms with van der Waals surface area (Å²) in [6.07, 6.45) is 11.3. The van der Waals surface area contributed by atoms with Gasteiger partial charge in [-0.3, -0.25) is 4.79 Å². The molecule has 27 heavy (non-hydrogen) atoms. The molecule has 8 atom stereocenters. The number of aliphatic hydroxyl groups is 1. The molecule has 3 heteroatoms. The second-order valence-corrected chi connectivity index (χ2v) is 10.5. The number of Topliss-reactive ketones (excluding diaryl/α,β-unsaturated/α-hetero) is 1. The second kappa shape index (κ2) is 7.44. The van der Waals surface area contributed by atoms with Gasteiger partial charge in [-0.2, -0.15) is 0 Å². The van der Waals surface area contributed by atoms with Gasteiger partial charge >= 0.3 is 0 Å². The maximum Gasteiger partial charge on any atom is 0.136 e. The first-order chi connectivity index (χ1) is 12.9. The molecule has 0 heterocycles. The molecule has 4 aliphatic carbocycles. The third-order valence-corrected chi connectivity index (χ3v) is 9.42. The Hall–Kier alpha value is -0.410. The fraction of sp³-hybridized carbons (Fsp3) is 0.958. The summed E-state index contributed by atoms with van der Waals surface area (Å²) in [7, 11) is 0. The van der Waals surface area contributed by atoms with Crippen molar-refractivity contribution in [2.24, 2.45) is 40.9 Å². The van der Waals surface area contributed by atoms with E-state index in [1.165, 1.54) is 38.5 Å². The molecule has 0 aliphatic heterocycles. The van der Waals surface area contributed by atoms with E-state index in [1.807, 2.05) is 13.8 Å². The quantitative estimate of drug-likeness (QED) is 0.734. The molecule has 0 aromatic heterocycles. The van der Waals surface area contributed by atoms with Crippen molar-refractivity contribution >= 4 is 5.78 Å². The molecule has 0 unspecified atom stereocenters. The Morgan fingerprint density at radius 2 is 1.78 bits per heavy atom. The van der Waals surface area contributed by atoms with Crippen LogP contribution in [-0.4, -0.2) is 29.7 Å². The Morgan fingerprint density at radius 1 is 1.00 bits per heavy atom. The van der Waals surface area contributed by atoms with E-state index in [1.54, 1.807) is 0 Å². The summed E-state index contributed by atoms with van der Waals surface area (Å²) in [5, 5.41) is 11.0. The summed E-state index contributed by atoms with van der Waals surface area (Å²) in [6.45, 7) is 7.72. The standard InChI is InChI=1S/C24H40O3/c1-4-22(25)21-9-8-20-19-7-6-16-14-24(26,15-27-5-2)13-11-17(16)18(19)10-12-23(20,21)3/h16-21,26H,4-15H2,1-3H3/t16-,17+,18-,19-,20+,21-,23+,24-/m1/s1. The lowest BCUT2D eigenvalue weighted by Gasteiger charge is -2.57. The molecule has 3 nitrogen and oxygen atoms in total. The lowest BCUT2D eigenvalue weighted by atomic mass is 9.49. The van der Waals surface area contributed by atoms with Crippen molar-refractivity contribution in [3.8, 4) is 0 Å². The van der Waals surface area contributed by atoms with Gasteiger partial charge in [-0.25, -0.2) is 0 Å². The number of rotatable bonds is 5. The molecule has 0 aromatic rings. The molecule has 0 aromatic carbocycles. The van der Waals surface area contributed by atoms with Crippen molar-refractivity contribution < 1.29 is 14.6 Å². The van der Waals surface area contributed by atoms with Crippen LogP contribution in [0.25, 0.3) is 0 Å². The molecule has 1 N–H and O–H groups in total. The summed E-state index contributed by atoms with van der Waals surface area (Å²) >= 11 is 0. The average molecular weight is 377 g/mol. The summed E-state index contributed by atoms with van der Waals surface area (Å²) in [6, 6.07) is 0. The highest BCUT2D eigenvalue weighted by atomic mass is 16.5. The Bertz CT molecular complexity index is 560. The molecule has 0 saturated heterocycles. The van der Waals surface area contributed by atoms with Gasteiger partial charge in [-0.1, -0.05) is 13.8 Å². The highest BCUT2D eigenvalue weighted by molar-refractivity contribution is 5.81. The van der Waals surface area contributed by atoms with Crippen molar-refractivity contribution in [3.05, 3.63) is 0 Å². The van der Waals surface area contributed by atoms with E-state index in [2.05, 4.69) is 6.92 Å². The van der Waals surface area contributed by atoms with Crippen molar-refractivity contribution in [2.45, 2.75) is 90.6 Å². The smallest absolute Gasteiger partial charge is 0.136 e. The molecule has 0 bridgehead atoms. The average Bonchev–Trinajstić information content (AvgIpc) is 3.02. The van der Waals surface area contributed by atoms with Crippen molar-refractivity contribution in [1.82, 2.24) is 0 Å². The minimum atomic E-state index is -0.584. The van der Waals surface area contributed by atoms with E-state index in [0.29, 0.717) is 37.3 Å². The normalized spacial score (nSPS) is 49.2. The van der Waals surface area contributed by atoms with Crippen LogP contribution in [-0.2, 0) is 9.53 Å². The Morgan fingerprint density at radius 3 is 2.52 bits per heavy atom. The van der Waals surface area contributed by atoms with E-state index < -0.39 is 5.60 Å². The van der Waals surface area contributed by atoms with Crippen LogP contribution >= 0.6 is 0 Å². The lowest BCUT2D eigenvalue weighted by Crippen LogP contribution is -2.52. The Kier molecular flexibility index (Phi) is 5.48. The van der Waals surface area contributed by atoms with Crippen molar-refractivity contribution in [2.75, 3.05) is 13.2 Å². The predicted molar refractivity (Wildman–Crippen MR) is 107 cm³/mol. The highest BCUT2D eigenvalue weighted by Crippen LogP contribution is 2.64. The van der Waals surface area contributed by atoms with Gasteiger partial charge in [0.15, 0.2) is 0 Å². The maximum atomic E-state index is 12.6. The van der Waals surface area contributed by atoms with Crippen LogP contribution in [0, 0.1) is 40.9 Å². The molecular formula is C24H40O3. The fourth-order valence-corrected chi connectivity index (χ4v) is 8.16. The summed E-state index contributed by atoms with van der Waals surface area (Å²) in [5.41, 5.74) is -0.315. The minimum absolute atomic E-state index is 0.269. The largest absolute Gasteiger partial charge is 0.387 e. The van der Waals surface area contributed by atoms with Gasteiger partial charge in [0.1, 0.15) is 5.78 Å². The van der Waals surface area contributed by atoms with E-state index in [-0.39, 0.29) is 5.41 Å². The van der Waals surface area contributed by atoms with Crippen LogP contribution in [0.1, 0.15) is 85.0 Å². The highest BCUT2D eigenvalue weighted by Gasteiger charge is 2.58. The van der Waals surface area contributed by atoms with E-state index in [9.17, 15) is 9.90 Å². The van der Waals surface area contributed by atoms with Crippen LogP contribution in [0.4, 0.5) is 0 Å². The zero-order chi connectivity index (χ0) is 19.2. The molecule has 4 aliphatic rings. The Labute approximate surface area is 165 Å². The number of ketones is 1. The van der Waals surface area contributed by atoms with E-state index in [0.717, 1.165) is 42.9 Å². The first-order valence-electron chi connectivity index (χ1n) is 11.7. The van der Waals surface area contributed by atoms with Gasteiger partial charge in [0.05, 0.1) is 12.2 Å². The van der Waals surface area contributed by atoms with Crippen LogP contribution in [0.2, 0.25) is 0 Å². The van der Waals surface area contributed by atoms with Gasteiger partial charge in [0.25, 0.3) is 0 Å². The number of carbonyl (C=O) groups excluding carboxylic acids is 1. The minimum Gasteiger partial charge on any atom is -0.387 e. The first kappa shape index (κ1) is 19.9. The van der Waals surface area contributed by atoms with Gasteiger partial charge in [-0.15, -0.1) is 0 Å². The van der Waals surface area contributed by atoms with Gasteiger partial charge in [0, 0.05) is 18.9 Å². The number of ether oxygens (including phenoxy) is 1. The molecule has 154 valence electrons. The Balaban J connectivity index is 1.47. The lowest BCUT2D eigenvalue weighted by molar-refractivity contribution is -0.137. The molecule has 0 amide bonds. The van der Waals surface area contributed by atoms with Crippen molar-refractivity contribution in [3.63, 3.8) is 0 Å². The van der Waals surface area contributed by atoms with E-state index >= 15 is 0 Å². The molecule has 4 rings (SSSR count). The van der Waals surface area contributed by atoms with E-state index in [4.69, 9.17) is 4.74 Å². The number of hydrogen-bond acceptors (Lipinski definition) is 3. The first-order valence-corrected chi connectivity index (χ1v) is 11.7. The topological polar surface area (TPSA) is 46.5 Å². The van der Waals surface area contributed by atoms with Crippen LogP contribution in [0.3, 0.4) is 0 Å². The number of hydrogen-bond donors (Lipinski definition) is 1. The molecular weight excluding hydrogens is 336 g/mol. The van der Waals surface area contributed by atoms with Crippen LogP contribution < -0.4 is 0 Å². The number of fused-ring (bicyclic) bond motifs is 5. The molecule has 4 fully saturated rings. The maximum absolute atomic E-state index is 12.6. The van der Waals surface area contributed by atoms with Gasteiger partial charge < -0.3 is 9.84 Å². The van der Waals surface area contributed by atoms with Gasteiger partial charge in [0.2, 0.25) is 0 Å². The third-order valence-electron chi connectivity index (χ3n) is 9.42. The molecule has 0 radical (unpaired) electrons. The zero-order valence-electron chi connectivity index (χ0n) is 17.7. The van der Waals surface area contributed by atoms with Crippen LogP contribution in [0.5, 0.6) is 0 Å². The van der Waals surface area contributed by atoms with Gasteiger partial charge in [-0.05, 0) is 99.7 Å². The monoisotopic (exact) mass is 376 g/mol. The summed E-state index contributed by atoms with van der Waals surface area (Å²) in [5.74, 6) is 4.77. The number of carbonyl (C=O) groups is 1. The summed E-state index contributed by atoms with van der Waals surface area (Å²) < 4.78 is 5.60. The second-order valence-electron chi connectivity index (χ2n) is 10.5. The zero-order valence-corrected chi connectivity index (χ0v) is 17.7. The van der Waals surface area contributed by atoms with Crippen LogP contribution in [0.15, 0.2) is 0 Å². The third kappa shape index (κ3) is 3.31. The van der Waals surface area contributed by atoms with Crippen molar-refractivity contribution in [1.29, 1.82) is 0 Å². The SMILES string of the molecule is CCOC[C@@]1(O)CC[C@H]2[C@H](CC[C@@H]3[C@@H]2CC[C@]2(C)[C@@H](C(=O)CC)CC[C@@H]32)C1. The predicted octanol–water partition coefficient (Wildman–Crippen LogP) is 5.00. The fourth-order valence-electron chi connectivity index (χ4n) is 8.16. The molecule has 4 saturated carbocycles. The molecule has 0 spiro atoms.